The van der Waals surface area contributed by atoms with E-state index in [2.05, 4.69) is 25.3 Å². The van der Waals surface area contributed by atoms with Gasteiger partial charge in [-0.2, -0.15) is 0 Å². The molecule has 1 aromatic rings. The summed E-state index contributed by atoms with van der Waals surface area (Å²) in [7, 11) is 0. The van der Waals surface area contributed by atoms with Gasteiger partial charge in [0.2, 0.25) is 0 Å². The minimum absolute atomic E-state index is 0.167. The maximum atomic E-state index is 9.81. The second-order valence-electron chi connectivity index (χ2n) is 4.39. The SMILES string of the molecule is C=CC/C=c1/ccccc1=C.CC(C)=O.CCC(C)=O. The van der Waals surface area contributed by atoms with Crippen LogP contribution in [0.4, 0.5) is 0 Å². The Bertz CT molecular complexity index is 508. The molecule has 2 heteroatoms. The van der Waals surface area contributed by atoms with Crippen LogP contribution < -0.4 is 10.4 Å². The molecule has 0 fully saturated rings. The van der Waals surface area contributed by atoms with Gasteiger partial charge in [-0.15, -0.1) is 6.58 Å². The number of hydrogen-bond donors (Lipinski definition) is 0. The second kappa shape index (κ2) is 13.5. The van der Waals surface area contributed by atoms with Crippen LogP contribution >= 0.6 is 0 Å². The summed E-state index contributed by atoms with van der Waals surface area (Å²) in [5, 5.41) is 2.28. The van der Waals surface area contributed by atoms with Gasteiger partial charge in [0.1, 0.15) is 11.6 Å². The van der Waals surface area contributed by atoms with E-state index in [9.17, 15) is 9.59 Å². The van der Waals surface area contributed by atoms with Gasteiger partial charge in [-0.3, -0.25) is 0 Å². The number of carbonyl (C=O) groups excluding carboxylic acids is 2. The van der Waals surface area contributed by atoms with Crippen LogP contribution in [-0.4, -0.2) is 11.6 Å². The largest absolute Gasteiger partial charge is 0.300 e. The van der Waals surface area contributed by atoms with Crippen molar-refractivity contribution in [3.8, 4) is 0 Å². The maximum absolute atomic E-state index is 9.81. The Morgan fingerprint density at radius 2 is 1.60 bits per heavy atom. The molecule has 1 rings (SSSR count). The standard InChI is InChI=1S/C11H12.C4H8O.C3H6O/c1-3-4-8-11-9-6-5-7-10(11)2;1-3-4(2)5;1-3(2)4/h3,5-9H,1-2,4H2;3H2,1-2H3;1-2H3/b11-8-;;. The van der Waals surface area contributed by atoms with Gasteiger partial charge in [0.15, 0.2) is 0 Å². The number of Topliss-reactive ketones (excluding diaryl/α,β-unsaturated/α-hetero) is 2. The summed E-state index contributed by atoms with van der Waals surface area (Å²) in [5.74, 6) is 0.421. The summed E-state index contributed by atoms with van der Waals surface area (Å²) in [6.07, 6.45) is 5.58. The molecule has 20 heavy (non-hydrogen) atoms. The van der Waals surface area contributed by atoms with E-state index in [1.807, 2.05) is 31.2 Å². The van der Waals surface area contributed by atoms with Crippen molar-refractivity contribution in [2.75, 3.05) is 0 Å². The zero-order valence-corrected chi connectivity index (χ0v) is 13.1. The van der Waals surface area contributed by atoms with Crippen LogP contribution in [0.5, 0.6) is 0 Å². The molecule has 0 saturated heterocycles. The van der Waals surface area contributed by atoms with Crippen LogP contribution in [0.2, 0.25) is 0 Å². The normalized spacial score (nSPS) is 9.50. The molecule has 0 amide bonds. The molecule has 0 heterocycles. The molecular formula is C18H26O2. The van der Waals surface area contributed by atoms with E-state index in [4.69, 9.17) is 0 Å². The van der Waals surface area contributed by atoms with E-state index in [1.165, 1.54) is 19.1 Å². The summed E-state index contributed by atoms with van der Waals surface area (Å²) in [6.45, 7) is 14.1. The van der Waals surface area contributed by atoms with E-state index in [-0.39, 0.29) is 11.6 Å². The first-order chi connectivity index (χ1) is 9.34. The predicted molar refractivity (Wildman–Crippen MR) is 87.8 cm³/mol. The van der Waals surface area contributed by atoms with Crippen molar-refractivity contribution in [1.82, 2.24) is 0 Å². The summed E-state index contributed by atoms with van der Waals surface area (Å²) in [5.41, 5.74) is 0. The van der Waals surface area contributed by atoms with Crippen molar-refractivity contribution >= 4 is 24.2 Å². The third kappa shape index (κ3) is 16.0. The van der Waals surface area contributed by atoms with E-state index >= 15 is 0 Å². The Hall–Kier alpha value is -1.96. The Kier molecular flexibility index (Phi) is 13.7. The van der Waals surface area contributed by atoms with Crippen LogP contribution in [-0.2, 0) is 9.59 Å². The molecule has 0 N–H and O–H groups in total. The first-order valence-electron chi connectivity index (χ1n) is 6.66. The van der Waals surface area contributed by atoms with Gasteiger partial charge < -0.3 is 9.59 Å². The Labute approximate surface area is 122 Å². The summed E-state index contributed by atoms with van der Waals surface area (Å²) in [6, 6.07) is 8.08. The third-order valence-electron chi connectivity index (χ3n) is 2.06. The maximum Gasteiger partial charge on any atom is 0.129 e. The topological polar surface area (TPSA) is 34.1 Å². The first kappa shape index (κ1) is 20.4. The lowest BCUT2D eigenvalue weighted by molar-refractivity contribution is -0.117. The molecule has 0 aromatic heterocycles. The van der Waals surface area contributed by atoms with Gasteiger partial charge in [-0.05, 0) is 37.6 Å². The molecule has 0 atom stereocenters. The van der Waals surface area contributed by atoms with Crippen molar-refractivity contribution in [2.45, 2.75) is 40.5 Å². The molecule has 2 nitrogen and oxygen atoms in total. The van der Waals surface area contributed by atoms with Crippen LogP contribution in [0.1, 0.15) is 40.5 Å². The summed E-state index contributed by atoms with van der Waals surface area (Å²) in [4.78, 5) is 19.3. The molecule has 0 unspecified atom stereocenters. The van der Waals surface area contributed by atoms with Gasteiger partial charge in [0, 0.05) is 6.42 Å². The molecular weight excluding hydrogens is 248 g/mol. The van der Waals surface area contributed by atoms with Gasteiger partial charge in [-0.25, -0.2) is 0 Å². The molecule has 0 aliphatic heterocycles. The molecule has 1 aromatic carbocycles. The van der Waals surface area contributed by atoms with E-state index < -0.39 is 0 Å². The minimum atomic E-state index is 0.167. The van der Waals surface area contributed by atoms with Crippen LogP contribution in [0.25, 0.3) is 12.7 Å². The molecule has 0 bridgehead atoms. The number of carbonyl (C=O) groups is 2. The van der Waals surface area contributed by atoms with Gasteiger partial charge in [0.25, 0.3) is 0 Å². The molecule has 0 spiro atoms. The van der Waals surface area contributed by atoms with E-state index in [0.717, 1.165) is 11.6 Å². The van der Waals surface area contributed by atoms with Crippen LogP contribution in [0.15, 0.2) is 36.9 Å². The molecule has 0 saturated carbocycles. The average molecular weight is 274 g/mol. The first-order valence-corrected chi connectivity index (χ1v) is 6.66. The van der Waals surface area contributed by atoms with Gasteiger partial charge in [-0.1, -0.05) is 49.9 Å². The predicted octanol–water partition coefficient (Wildman–Crippen LogP) is 3.03. The number of hydrogen-bond acceptors (Lipinski definition) is 2. The third-order valence-corrected chi connectivity index (χ3v) is 2.06. The lowest BCUT2D eigenvalue weighted by Gasteiger charge is -1.86. The lowest BCUT2D eigenvalue weighted by atomic mass is 10.2. The highest BCUT2D eigenvalue weighted by atomic mass is 16.1. The van der Waals surface area contributed by atoms with Crippen molar-refractivity contribution in [2.24, 2.45) is 0 Å². The van der Waals surface area contributed by atoms with Crippen LogP contribution in [0, 0.1) is 0 Å². The fourth-order valence-electron chi connectivity index (χ4n) is 0.944. The smallest absolute Gasteiger partial charge is 0.129 e. The Morgan fingerprint density at radius 3 is 1.95 bits per heavy atom. The fraction of sp³-hybridized carbons (Fsp3) is 0.333. The zero-order valence-electron chi connectivity index (χ0n) is 13.1. The quantitative estimate of drug-likeness (QED) is 0.794. The second-order valence-corrected chi connectivity index (χ2v) is 4.39. The highest BCUT2D eigenvalue weighted by Gasteiger charge is 1.78. The number of ketones is 2. The van der Waals surface area contributed by atoms with E-state index in [0.29, 0.717) is 6.42 Å². The summed E-state index contributed by atoms with van der Waals surface area (Å²) < 4.78 is 0. The Morgan fingerprint density at radius 1 is 1.15 bits per heavy atom. The molecule has 0 radical (unpaired) electrons. The van der Waals surface area contributed by atoms with Gasteiger partial charge >= 0.3 is 0 Å². The van der Waals surface area contributed by atoms with Crippen molar-refractivity contribution in [1.29, 1.82) is 0 Å². The molecule has 0 aliphatic rings. The molecule has 110 valence electrons. The number of benzene rings is 1. The highest BCUT2D eigenvalue weighted by Crippen LogP contribution is 1.79. The highest BCUT2D eigenvalue weighted by molar-refractivity contribution is 5.74. The number of rotatable bonds is 3. The van der Waals surface area contributed by atoms with Gasteiger partial charge in [0.05, 0.1) is 0 Å². The Balaban J connectivity index is 0. The van der Waals surface area contributed by atoms with Crippen LogP contribution in [0.3, 0.4) is 0 Å². The van der Waals surface area contributed by atoms with E-state index in [1.54, 1.807) is 6.92 Å². The van der Waals surface area contributed by atoms with Crippen molar-refractivity contribution < 1.29 is 9.59 Å². The molecule has 0 aliphatic carbocycles. The summed E-state index contributed by atoms with van der Waals surface area (Å²) >= 11 is 0. The number of allylic oxidation sites excluding steroid dienone is 1. The average Bonchev–Trinajstić information content (AvgIpc) is 2.38. The van der Waals surface area contributed by atoms with Crippen molar-refractivity contribution in [3.63, 3.8) is 0 Å². The minimum Gasteiger partial charge on any atom is -0.300 e. The lowest BCUT2D eigenvalue weighted by Crippen LogP contribution is -2.21. The van der Waals surface area contributed by atoms with Crippen molar-refractivity contribution in [3.05, 3.63) is 47.4 Å². The monoisotopic (exact) mass is 274 g/mol. The zero-order chi connectivity index (χ0) is 16.0. The fourth-order valence-corrected chi connectivity index (χ4v) is 0.944.